The molecule has 14 heavy (non-hydrogen) atoms. The van der Waals surface area contributed by atoms with E-state index in [9.17, 15) is 9.59 Å². The van der Waals surface area contributed by atoms with Crippen LogP contribution in [0.1, 0.15) is 41.0 Å². The fourth-order valence-electron chi connectivity index (χ4n) is 0.812. The molecule has 0 spiro atoms. The molecule has 0 unspecified atom stereocenters. The van der Waals surface area contributed by atoms with Crippen molar-refractivity contribution in [2.45, 2.75) is 46.6 Å². The summed E-state index contributed by atoms with van der Waals surface area (Å²) in [5.74, 6) is -0.185. The minimum atomic E-state index is -0.828. The maximum Gasteiger partial charge on any atom is 0.302 e. The van der Waals surface area contributed by atoms with Crippen molar-refractivity contribution in [3.05, 3.63) is 0 Å². The summed E-state index contributed by atoms with van der Waals surface area (Å²) in [6, 6.07) is 0. The van der Waals surface area contributed by atoms with E-state index in [0.29, 0.717) is 6.61 Å². The molecule has 0 heterocycles. The molecule has 0 aliphatic carbocycles. The van der Waals surface area contributed by atoms with Gasteiger partial charge in [-0.15, -0.1) is 0 Å². The van der Waals surface area contributed by atoms with E-state index in [1.165, 1.54) is 13.8 Å². The molecular weight excluding hydrogens is 184 g/mol. The first-order chi connectivity index (χ1) is 6.19. The SMILES string of the molecule is CC(=O)CC(C)(C)O.CCOC(C)=O. The van der Waals surface area contributed by atoms with E-state index in [1.54, 1.807) is 20.8 Å². The Morgan fingerprint density at radius 2 is 1.71 bits per heavy atom. The fraction of sp³-hybridized carbons (Fsp3) is 0.800. The highest BCUT2D eigenvalue weighted by Gasteiger charge is 2.13. The van der Waals surface area contributed by atoms with E-state index in [2.05, 4.69) is 4.74 Å². The summed E-state index contributed by atoms with van der Waals surface area (Å²) in [7, 11) is 0. The van der Waals surface area contributed by atoms with Gasteiger partial charge in [0.1, 0.15) is 5.78 Å². The lowest BCUT2D eigenvalue weighted by molar-refractivity contribution is -0.140. The van der Waals surface area contributed by atoms with Crippen LogP contribution in [0.2, 0.25) is 0 Å². The van der Waals surface area contributed by atoms with Gasteiger partial charge in [-0.2, -0.15) is 0 Å². The van der Waals surface area contributed by atoms with Gasteiger partial charge in [0.05, 0.1) is 12.2 Å². The summed E-state index contributed by atoms with van der Waals surface area (Å²) in [5.41, 5.74) is -0.828. The van der Waals surface area contributed by atoms with Gasteiger partial charge in [-0.05, 0) is 27.7 Å². The predicted octanol–water partition coefficient (Wildman–Crippen LogP) is 1.31. The largest absolute Gasteiger partial charge is 0.466 e. The number of ether oxygens (including phenoxy) is 1. The summed E-state index contributed by atoms with van der Waals surface area (Å²) >= 11 is 0. The van der Waals surface area contributed by atoms with Crippen LogP contribution in [-0.2, 0) is 14.3 Å². The first kappa shape index (κ1) is 15.6. The third-order valence-electron chi connectivity index (χ3n) is 1.03. The monoisotopic (exact) mass is 204 g/mol. The van der Waals surface area contributed by atoms with Crippen molar-refractivity contribution in [2.75, 3.05) is 6.61 Å². The first-order valence-electron chi connectivity index (χ1n) is 4.54. The van der Waals surface area contributed by atoms with Gasteiger partial charge in [0.2, 0.25) is 0 Å². The van der Waals surface area contributed by atoms with Gasteiger partial charge in [0, 0.05) is 13.3 Å². The van der Waals surface area contributed by atoms with Crippen molar-refractivity contribution < 1.29 is 19.4 Å². The van der Waals surface area contributed by atoms with E-state index in [-0.39, 0.29) is 18.2 Å². The number of rotatable bonds is 3. The van der Waals surface area contributed by atoms with Crippen LogP contribution in [0.5, 0.6) is 0 Å². The normalized spacial score (nSPS) is 9.86. The number of Topliss-reactive ketones (excluding diaryl/α,β-unsaturated/α-hetero) is 1. The van der Waals surface area contributed by atoms with Crippen molar-refractivity contribution in [3.8, 4) is 0 Å². The van der Waals surface area contributed by atoms with Crippen molar-refractivity contribution in [2.24, 2.45) is 0 Å². The molecule has 0 aromatic carbocycles. The minimum Gasteiger partial charge on any atom is -0.466 e. The van der Waals surface area contributed by atoms with Crippen molar-refractivity contribution >= 4 is 11.8 Å². The first-order valence-corrected chi connectivity index (χ1v) is 4.54. The van der Waals surface area contributed by atoms with Crippen LogP contribution in [0.3, 0.4) is 0 Å². The van der Waals surface area contributed by atoms with E-state index in [0.717, 1.165) is 0 Å². The van der Waals surface area contributed by atoms with Crippen molar-refractivity contribution in [1.82, 2.24) is 0 Å². The average molecular weight is 204 g/mol. The Morgan fingerprint density at radius 1 is 1.29 bits per heavy atom. The fourth-order valence-corrected chi connectivity index (χ4v) is 0.812. The van der Waals surface area contributed by atoms with Crippen molar-refractivity contribution in [3.63, 3.8) is 0 Å². The Morgan fingerprint density at radius 3 is 1.71 bits per heavy atom. The number of hydrogen-bond acceptors (Lipinski definition) is 4. The number of ketones is 1. The molecule has 4 heteroatoms. The van der Waals surface area contributed by atoms with Gasteiger partial charge in [0.15, 0.2) is 0 Å². The summed E-state index contributed by atoms with van der Waals surface area (Å²) in [6.45, 7) is 8.36. The number of hydrogen-bond donors (Lipinski definition) is 1. The Hall–Kier alpha value is -0.900. The molecule has 0 aromatic heterocycles. The molecular formula is C10H20O4. The van der Waals surface area contributed by atoms with E-state index in [4.69, 9.17) is 5.11 Å². The molecule has 4 nitrogen and oxygen atoms in total. The summed E-state index contributed by atoms with van der Waals surface area (Å²) in [4.78, 5) is 20.1. The Balaban J connectivity index is 0. The maximum absolute atomic E-state index is 10.3. The zero-order valence-corrected chi connectivity index (χ0v) is 9.59. The van der Waals surface area contributed by atoms with Gasteiger partial charge in [0.25, 0.3) is 0 Å². The summed E-state index contributed by atoms with van der Waals surface area (Å²) in [6.07, 6.45) is 0.243. The number of carbonyl (C=O) groups excluding carboxylic acids is 2. The minimum absolute atomic E-state index is 0.0255. The highest BCUT2D eigenvalue weighted by molar-refractivity contribution is 5.76. The summed E-state index contributed by atoms with van der Waals surface area (Å²) < 4.78 is 4.40. The Bertz CT molecular complexity index is 179. The number of aliphatic hydroxyl groups is 1. The number of carbonyl (C=O) groups is 2. The average Bonchev–Trinajstić information content (AvgIpc) is 1.80. The predicted molar refractivity (Wildman–Crippen MR) is 53.9 cm³/mol. The molecule has 0 bridgehead atoms. The smallest absolute Gasteiger partial charge is 0.302 e. The lowest BCUT2D eigenvalue weighted by atomic mass is 10.0. The second-order valence-electron chi connectivity index (χ2n) is 3.62. The van der Waals surface area contributed by atoms with Gasteiger partial charge in [-0.1, -0.05) is 0 Å². The standard InChI is InChI=1S/C6H12O2.C4H8O2/c1-5(7)4-6(2,3)8;1-3-6-4(2)5/h8H,4H2,1-3H3;3H2,1-2H3. The highest BCUT2D eigenvalue weighted by atomic mass is 16.5. The lowest BCUT2D eigenvalue weighted by Crippen LogP contribution is -2.21. The topological polar surface area (TPSA) is 63.6 Å². The zero-order valence-electron chi connectivity index (χ0n) is 9.59. The van der Waals surface area contributed by atoms with Crippen LogP contribution in [0.15, 0.2) is 0 Å². The van der Waals surface area contributed by atoms with Crippen LogP contribution >= 0.6 is 0 Å². The molecule has 0 saturated heterocycles. The van der Waals surface area contributed by atoms with Crippen LogP contribution < -0.4 is 0 Å². The third kappa shape index (κ3) is 22.5. The van der Waals surface area contributed by atoms with Gasteiger partial charge >= 0.3 is 5.97 Å². The van der Waals surface area contributed by atoms with Crippen LogP contribution in [-0.4, -0.2) is 29.1 Å². The third-order valence-corrected chi connectivity index (χ3v) is 1.03. The summed E-state index contributed by atoms with van der Waals surface area (Å²) in [5, 5.41) is 8.97. The Kier molecular flexibility index (Phi) is 8.34. The zero-order chi connectivity index (χ0) is 11.8. The Labute approximate surface area is 85.3 Å². The molecule has 0 aromatic rings. The highest BCUT2D eigenvalue weighted by Crippen LogP contribution is 2.06. The number of esters is 1. The van der Waals surface area contributed by atoms with Crippen LogP contribution in [0.25, 0.3) is 0 Å². The molecule has 0 aliphatic rings. The van der Waals surface area contributed by atoms with Crippen LogP contribution in [0.4, 0.5) is 0 Å². The molecule has 0 atom stereocenters. The molecule has 0 aliphatic heterocycles. The van der Waals surface area contributed by atoms with E-state index in [1.807, 2.05) is 0 Å². The lowest BCUT2D eigenvalue weighted by Gasteiger charge is -2.13. The van der Waals surface area contributed by atoms with Gasteiger partial charge in [-0.25, -0.2) is 0 Å². The van der Waals surface area contributed by atoms with E-state index < -0.39 is 5.60 Å². The molecule has 0 saturated carbocycles. The second-order valence-corrected chi connectivity index (χ2v) is 3.62. The molecule has 84 valence electrons. The second kappa shape index (κ2) is 7.50. The van der Waals surface area contributed by atoms with Crippen molar-refractivity contribution in [1.29, 1.82) is 0 Å². The van der Waals surface area contributed by atoms with Gasteiger partial charge < -0.3 is 9.84 Å². The molecule has 0 rings (SSSR count). The van der Waals surface area contributed by atoms with Gasteiger partial charge in [-0.3, -0.25) is 9.59 Å². The van der Waals surface area contributed by atoms with E-state index >= 15 is 0 Å². The quantitative estimate of drug-likeness (QED) is 0.704. The molecule has 0 radical (unpaired) electrons. The molecule has 1 N–H and O–H groups in total. The maximum atomic E-state index is 10.3. The molecule has 0 amide bonds. The van der Waals surface area contributed by atoms with Crippen LogP contribution in [0, 0.1) is 0 Å². The molecule has 0 fully saturated rings.